The Kier molecular flexibility index (Phi) is 4.63. The largest absolute Gasteiger partial charge is 0.330 e. The highest BCUT2D eigenvalue weighted by Crippen LogP contribution is 2.21. The highest BCUT2D eigenvalue weighted by atomic mass is 19.1. The molecule has 94 valence electrons. The van der Waals surface area contributed by atoms with E-state index < -0.39 is 5.82 Å². The Morgan fingerprint density at radius 3 is 2.47 bits per heavy atom. The van der Waals surface area contributed by atoms with Gasteiger partial charge in [0.1, 0.15) is 5.82 Å². The van der Waals surface area contributed by atoms with Crippen LogP contribution in [0.25, 0.3) is 0 Å². The number of benzene rings is 1. The van der Waals surface area contributed by atoms with Crippen LogP contribution in [0.15, 0.2) is 24.3 Å². The Bertz CT molecular complexity index is 393. The molecule has 0 spiro atoms. The van der Waals surface area contributed by atoms with Gasteiger partial charge in [-0.25, -0.2) is 4.39 Å². The first kappa shape index (κ1) is 13.6. The van der Waals surface area contributed by atoms with E-state index in [4.69, 9.17) is 5.73 Å². The zero-order valence-electron chi connectivity index (χ0n) is 10.5. The number of rotatable bonds is 4. The molecule has 3 nitrogen and oxygen atoms in total. The minimum Gasteiger partial charge on any atom is -0.330 e. The fourth-order valence-corrected chi connectivity index (χ4v) is 1.75. The van der Waals surface area contributed by atoms with E-state index in [1.807, 2.05) is 13.8 Å². The Morgan fingerprint density at radius 1 is 1.41 bits per heavy atom. The normalized spacial score (nSPS) is 12.6. The van der Waals surface area contributed by atoms with Gasteiger partial charge < -0.3 is 10.6 Å². The summed E-state index contributed by atoms with van der Waals surface area (Å²) in [7, 11) is 1.58. The number of amides is 1. The SMILES string of the molecule is CC(C)C(CN)C(=O)N(C)c1ccccc1F. The lowest BCUT2D eigenvalue weighted by atomic mass is 9.94. The van der Waals surface area contributed by atoms with Crippen molar-refractivity contribution < 1.29 is 9.18 Å². The Morgan fingerprint density at radius 2 is 2.00 bits per heavy atom. The molecule has 1 aromatic carbocycles. The van der Waals surface area contributed by atoms with Gasteiger partial charge in [-0.05, 0) is 18.1 Å². The smallest absolute Gasteiger partial charge is 0.231 e. The molecule has 0 aliphatic heterocycles. The zero-order chi connectivity index (χ0) is 13.0. The topological polar surface area (TPSA) is 46.3 Å². The number of carbonyl (C=O) groups excluding carboxylic acids is 1. The number of hydrogen-bond donors (Lipinski definition) is 1. The number of anilines is 1. The van der Waals surface area contributed by atoms with E-state index in [2.05, 4.69) is 0 Å². The molecular weight excluding hydrogens is 219 g/mol. The minimum atomic E-state index is -0.400. The van der Waals surface area contributed by atoms with Crippen molar-refractivity contribution >= 4 is 11.6 Å². The van der Waals surface area contributed by atoms with Crippen LogP contribution in [-0.2, 0) is 4.79 Å². The van der Waals surface area contributed by atoms with Crippen LogP contribution in [0.1, 0.15) is 13.8 Å². The third-order valence-corrected chi connectivity index (χ3v) is 2.92. The first-order chi connectivity index (χ1) is 7.99. The average molecular weight is 238 g/mol. The van der Waals surface area contributed by atoms with Gasteiger partial charge in [0.15, 0.2) is 0 Å². The van der Waals surface area contributed by atoms with Crippen molar-refractivity contribution in [3.63, 3.8) is 0 Å². The number of hydrogen-bond acceptors (Lipinski definition) is 2. The summed E-state index contributed by atoms with van der Waals surface area (Å²) in [5.74, 6) is -0.684. The van der Waals surface area contributed by atoms with Gasteiger partial charge in [0, 0.05) is 13.6 Å². The lowest BCUT2D eigenvalue weighted by Crippen LogP contribution is -2.39. The average Bonchev–Trinajstić information content (AvgIpc) is 2.29. The highest BCUT2D eigenvalue weighted by molar-refractivity contribution is 5.94. The van der Waals surface area contributed by atoms with Crippen LogP contribution in [0.5, 0.6) is 0 Å². The standard InChI is InChI=1S/C13H19FN2O/c1-9(2)10(8-15)13(17)16(3)12-7-5-4-6-11(12)14/h4-7,9-10H,8,15H2,1-3H3. The van der Waals surface area contributed by atoms with Crippen LogP contribution in [0.2, 0.25) is 0 Å². The summed E-state index contributed by atoms with van der Waals surface area (Å²) in [6.45, 7) is 4.14. The first-order valence-corrected chi connectivity index (χ1v) is 5.71. The molecule has 0 saturated heterocycles. The molecule has 0 saturated carbocycles. The summed E-state index contributed by atoms with van der Waals surface area (Å²) in [6.07, 6.45) is 0. The molecule has 4 heteroatoms. The lowest BCUT2D eigenvalue weighted by Gasteiger charge is -2.25. The van der Waals surface area contributed by atoms with Gasteiger partial charge in [-0.2, -0.15) is 0 Å². The quantitative estimate of drug-likeness (QED) is 0.872. The molecule has 0 aliphatic rings. The molecule has 1 atom stereocenters. The second-order valence-electron chi connectivity index (χ2n) is 4.43. The fourth-order valence-electron chi connectivity index (χ4n) is 1.75. The predicted molar refractivity (Wildman–Crippen MR) is 67.2 cm³/mol. The van der Waals surface area contributed by atoms with Crippen LogP contribution >= 0.6 is 0 Å². The van der Waals surface area contributed by atoms with Crippen molar-refractivity contribution in [2.75, 3.05) is 18.5 Å². The van der Waals surface area contributed by atoms with E-state index in [1.54, 1.807) is 25.2 Å². The lowest BCUT2D eigenvalue weighted by molar-refractivity contribution is -0.123. The molecule has 1 amide bonds. The fraction of sp³-hybridized carbons (Fsp3) is 0.462. The van der Waals surface area contributed by atoms with Crippen molar-refractivity contribution in [3.8, 4) is 0 Å². The van der Waals surface area contributed by atoms with Crippen LogP contribution in [-0.4, -0.2) is 19.5 Å². The molecular formula is C13H19FN2O. The molecule has 2 N–H and O–H groups in total. The zero-order valence-corrected chi connectivity index (χ0v) is 10.5. The molecule has 0 bridgehead atoms. The van der Waals surface area contributed by atoms with Gasteiger partial charge in [-0.1, -0.05) is 26.0 Å². The van der Waals surface area contributed by atoms with Crippen LogP contribution < -0.4 is 10.6 Å². The van der Waals surface area contributed by atoms with E-state index in [0.717, 1.165) is 0 Å². The third kappa shape index (κ3) is 3.03. The molecule has 1 rings (SSSR count). The molecule has 0 aromatic heterocycles. The van der Waals surface area contributed by atoms with Gasteiger partial charge in [-0.3, -0.25) is 4.79 Å². The molecule has 0 radical (unpaired) electrons. The molecule has 17 heavy (non-hydrogen) atoms. The van der Waals surface area contributed by atoms with E-state index in [1.165, 1.54) is 11.0 Å². The summed E-state index contributed by atoms with van der Waals surface area (Å²) in [4.78, 5) is 13.5. The molecule has 1 unspecified atom stereocenters. The number of para-hydroxylation sites is 1. The van der Waals surface area contributed by atoms with Gasteiger partial charge >= 0.3 is 0 Å². The monoisotopic (exact) mass is 238 g/mol. The number of nitrogens with zero attached hydrogens (tertiary/aromatic N) is 1. The van der Waals surface area contributed by atoms with Gasteiger partial charge in [-0.15, -0.1) is 0 Å². The number of nitrogens with two attached hydrogens (primary N) is 1. The Labute approximate surface area is 101 Å². The van der Waals surface area contributed by atoms with E-state index in [9.17, 15) is 9.18 Å². The summed E-state index contributed by atoms with van der Waals surface area (Å²) >= 11 is 0. The van der Waals surface area contributed by atoms with E-state index in [-0.39, 0.29) is 30.0 Å². The second-order valence-corrected chi connectivity index (χ2v) is 4.43. The summed E-state index contributed by atoms with van der Waals surface area (Å²) in [5, 5.41) is 0. The third-order valence-electron chi connectivity index (χ3n) is 2.92. The van der Waals surface area contributed by atoms with Crippen molar-refractivity contribution in [1.82, 2.24) is 0 Å². The van der Waals surface area contributed by atoms with Crippen LogP contribution in [0, 0.1) is 17.7 Å². The number of halogens is 1. The molecule has 0 aliphatic carbocycles. The Hall–Kier alpha value is -1.42. The maximum Gasteiger partial charge on any atom is 0.231 e. The first-order valence-electron chi connectivity index (χ1n) is 5.71. The maximum atomic E-state index is 13.5. The summed E-state index contributed by atoms with van der Waals surface area (Å²) in [6, 6.07) is 6.22. The van der Waals surface area contributed by atoms with Crippen molar-refractivity contribution in [2.24, 2.45) is 17.6 Å². The van der Waals surface area contributed by atoms with Gasteiger partial charge in [0.25, 0.3) is 0 Å². The molecule has 0 fully saturated rings. The second kappa shape index (κ2) is 5.77. The summed E-state index contributed by atoms with van der Waals surface area (Å²) in [5.41, 5.74) is 5.88. The molecule has 1 aromatic rings. The van der Waals surface area contributed by atoms with Crippen molar-refractivity contribution in [1.29, 1.82) is 0 Å². The Balaban J connectivity index is 2.94. The van der Waals surface area contributed by atoms with Crippen LogP contribution in [0.3, 0.4) is 0 Å². The highest BCUT2D eigenvalue weighted by Gasteiger charge is 2.25. The maximum absolute atomic E-state index is 13.5. The van der Waals surface area contributed by atoms with Gasteiger partial charge in [0.05, 0.1) is 11.6 Å². The van der Waals surface area contributed by atoms with E-state index in [0.29, 0.717) is 0 Å². The van der Waals surface area contributed by atoms with Gasteiger partial charge in [0.2, 0.25) is 5.91 Å². The van der Waals surface area contributed by atoms with Crippen LogP contribution in [0.4, 0.5) is 10.1 Å². The number of carbonyl (C=O) groups is 1. The molecule has 0 heterocycles. The summed E-state index contributed by atoms with van der Waals surface area (Å²) < 4.78 is 13.5. The van der Waals surface area contributed by atoms with Crippen molar-refractivity contribution in [2.45, 2.75) is 13.8 Å². The minimum absolute atomic E-state index is 0.140. The predicted octanol–water partition coefficient (Wildman–Crippen LogP) is 2.02. The van der Waals surface area contributed by atoms with Crippen molar-refractivity contribution in [3.05, 3.63) is 30.1 Å². The van der Waals surface area contributed by atoms with E-state index >= 15 is 0 Å².